The fourth-order valence-electron chi connectivity index (χ4n) is 1.62. The van der Waals surface area contributed by atoms with Gasteiger partial charge in [-0.05, 0) is 31.9 Å². The van der Waals surface area contributed by atoms with Crippen molar-refractivity contribution in [1.82, 2.24) is 0 Å². The molecule has 1 atom stereocenters. The van der Waals surface area contributed by atoms with Crippen LogP contribution in [-0.2, 0) is 11.2 Å². The lowest BCUT2D eigenvalue weighted by Gasteiger charge is -2.14. The normalized spacial score (nSPS) is 13.4. The van der Waals surface area contributed by atoms with Gasteiger partial charge in [0, 0.05) is 6.04 Å². The Labute approximate surface area is 110 Å². The van der Waals surface area contributed by atoms with Gasteiger partial charge in [0.1, 0.15) is 12.4 Å². The SMILES string of the molecule is Cc1ccc(OCOCC(F)(F)F)c(CC(C)N)c1. The maximum absolute atomic E-state index is 11.9. The molecule has 6 heteroatoms. The number of hydrogen-bond acceptors (Lipinski definition) is 3. The van der Waals surface area contributed by atoms with E-state index >= 15 is 0 Å². The Morgan fingerprint density at radius 1 is 1.32 bits per heavy atom. The Hall–Kier alpha value is -1.27. The van der Waals surface area contributed by atoms with E-state index in [0.29, 0.717) is 12.2 Å². The van der Waals surface area contributed by atoms with E-state index in [1.807, 2.05) is 26.0 Å². The summed E-state index contributed by atoms with van der Waals surface area (Å²) in [6.07, 6.45) is -3.75. The molecule has 0 aromatic heterocycles. The summed E-state index contributed by atoms with van der Waals surface area (Å²) >= 11 is 0. The van der Waals surface area contributed by atoms with Crippen LogP contribution in [0.3, 0.4) is 0 Å². The lowest BCUT2D eigenvalue weighted by molar-refractivity contribution is -0.186. The number of ether oxygens (including phenoxy) is 2. The predicted octanol–water partition coefficient (Wildman–Crippen LogP) is 2.80. The fourth-order valence-corrected chi connectivity index (χ4v) is 1.62. The molecular weight excluding hydrogens is 259 g/mol. The third-order valence-electron chi connectivity index (χ3n) is 2.32. The monoisotopic (exact) mass is 277 g/mol. The molecule has 1 rings (SSSR count). The zero-order chi connectivity index (χ0) is 14.5. The van der Waals surface area contributed by atoms with E-state index in [4.69, 9.17) is 10.5 Å². The van der Waals surface area contributed by atoms with Crippen molar-refractivity contribution < 1.29 is 22.6 Å². The van der Waals surface area contributed by atoms with Crippen LogP contribution in [0.5, 0.6) is 5.75 Å². The van der Waals surface area contributed by atoms with E-state index in [1.165, 1.54) is 0 Å². The van der Waals surface area contributed by atoms with Crippen LogP contribution in [0.15, 0.2) is 18.2 Å². The summed E-state index contributed by atoms with van der Waals surface area (Å²) in [4.78, 5) is 0. The second kappa shape index (κ2) is 6.77. The first-order chi connectivity index (χ1) is 8.78. The van der Waals surface area contributed by atoms with Gasteiger partial charge in [-0.25, -0.2) is 0 Å². The van der Waals surface area contributed by atoms with Crippen LogP contribution in [-0.4, -0.2) is 25.6 Å². The van der Waals surface area contributed by atoms with E-state index < -0.39 is 19.6 Å². The van der Waals surface area contributed by atoms with E-state index in [9.17, 15) is 13.2 Å². The molecule has 0 amide bonds. The summed E-state index contributed by atoms with van der Waals surface area (Å²) in [5, 5.41) is 0. The Bertz CT molecular complexity index is 405. The summed E-state index contributed by atoms with van der Waals surface area (Å²) in [5.74, 6) is 0.505. The first-order valence-electron chi connectivity index (χ1n) is 5.90. The summed E-state index contributed by atoms with van der Waals surface area (Å²) < 4.78 is 45.3. The highest BCUT2D eigenvalue weighted by molar-refractivity contribution is 5.37. The van der Waals surface area contributed by atoms with Crippen molar-refractivity contribution in [2.45, 2.75) is 32.5 Å². The predicted molar refractivity (Wildman–Crippen MR) is 66.0 cm³/mol. The third kappa shape index (κ3) is 6.45. The van der Waals surface area contributed by atoms with Crippen molar-refractivity contribution in [1.29, 1.82) is 0 Å². The van der Waals surface area contributed by atoms with Crippen molar-refractivity contribution in [2.75, 3.05) is 13.4 Å². The number of benzene rings is 1. The standard InChI is InChI=1S/C13H18F3NO2/c1-9-3-4-12(11(5-9)6-10(2)17)19-8-18-7-13(14,15)16/h3-5,10H,6-8,17H2,1-2H3. The number of hydrogen-bond donors (Lipinski definition) is 1. The van der Waals surface area contributed by atoms with E-state index in [-0.39, 0.29) is 6.04 Å². The van der Waals surface area contributed by atoms with Crippen LogP contribution < -0.4 is 10.5 Å². The minimum atomic E-state index is -4.34. The summed E-state index contributed by atoms with van der Waals surface area (Å²) in [6.45, 7) is 2.02. The Kier molecular flexibility index (Phi) is 5.62. The van der Waals surface area contributed by atoms with Gasteiger partial charge in [0.05, 0.1) is 0 Å². The van der Waals surface area contributed by atoms with Gasteiger partial charge in [-0.2, -0.15) is 13.2 Å². The summed E-state index contributed by atoms with van der Waals surface area (Å²) in [7, 11) is 0. The number of rotatable bonds is 6. The molecule has 0 radical (unpaired) electrons. The van der Waals surface area contributed by atoms with Gasteiger partial charge in [0.2, 0.25) is 0 Å². The Balaban J connectivity index is 2.57. The first kappa shape index (κ1) is 15.8. The van der Waals surface area contributed by atoms with Crippen LogP contribution in [0.4, 0.5) is 13.2 Å². The highest BCUT2D eigenvalue weighted by Crippen LogP contribution is 2.22. The van der Waals surface area contributed by atoms with Crippen molar-refractivity contribution in [3.05, 3.63) is 29.3 Å². The molecule has 108 valence electrons. The van der Waals surface area contributed by atoms with Gasteiger partial charge in [0.25, 0.3) is 0 Å². The highest BCUT2D eigenvalue weighted by Gasteiger charge is 2.27. The quantitative estimate of drug-likeness (QED) is 0.642. The highest BCUT2D eigenvalue weighted by atomic mass is 19.4. The molecule has 0 aliphatic carbocycles. The van der Waals surface area contributed by atoms with Crippen LogP contribution in [0, 0.1) is 6.92 Å². The van der Waals surface area contributed by atoms with Crippen LogP contribution >= 0.6 is 0 Å². The molecule has 1 aromatic rings. The number of halogens is 3. The average molecular weight is 277 g/mol. The minimum absolute atomic E-state index is 0.0553. The molecule has 1 aromatic carbocycles. The zero-order valence-corrected chi connectivity index (χ0v) is 11.0. The topological polar surface area (TPSA) is 44.5 Å². The molecule has 0 saturated carbocycles. The van der Waals surface area contributed by atoms with Gasteiger partial charge in [-0.1, -0.05) is 17.7 Å². The Morgan fingerprint density at radius 2 is 2.00 bits per heavy atom. The maximum Gasteiger partial charge on any atom is 0.411 e. The van der Waals surface area contributed by atoms with Crippen LogP contribution in [0.1, 0.15) is 18.1 Å². The van der Waals surface area contributed by atoms with Gasteiger partial charge in [-0.3, -0.25) is 0 Å². The molecule has 0 aliphatic heterocycles. The largest absolute Gasteiger partial charge is 0.467 e. The summed E-state index contributed by atoms with van der Waals surface area (Å²) in [5.41, 5.74) is 7.63. The molecule has 0 spiro atoms. The fraction of sp³-hybridized carbons (Fsp3) is 0.538. The molecule has 1 unspecified atom stereocenters. The average Bonchev–Trinajstić information content (AvgIpc) is 2.24. The van der Waals surface area contributed by atoms with E-state index in [1.54, 1.807) is 6.07 Å². The van der Waals surface area contributed by atoms with Gasteiger partial charge < -0.3 is 15.2 Å². The van der Waals surface area contributed by atoms with Crippen molar-refractivity contribution in [3.63, 3.8) is 0 Å². The summed E-state index contributed by atoms with van der Waals surface area (Å²) in [6, 6.07) is 5.39. The molecule has 0 saturated heterocycles. The number of nitrogens with two attached hydrogens (primary N) is 1. The van der Waals surface area contributed by atoms with E-state index in [0.717, 1.165) is 11.1 Å². The second-order valence-corrected chi connectivity index (χ2v) is 4.52. The molecule has 0 aliphatic rings. The molecule has 0 heterocycles. The maximum atomic E-state index is 11.9. The van der Waals surface area contributed by atoms with Crippen molar-refractivity contribution in [2.24, 2.45) is 5.73 Å². The molecule has 0 bridgehead atoms. The first-order valence-corrected chi connectivity index (χ1v) is 5.90. The van der Waals surface area contributed by atoms with Gasteiger partial charge in [0.15, 0.2) is 6.79 Å². The molecular formula is C13H18F3NO2. The molecule has 3 nitrogen and oxygen atoms in total. The molecule has 2 N–H and O–H groups in total. The van der Waals surface area contributed by atoms with Crippen LogP contribution in [0.2, 0.25) is 0 Å². The number of aryl methyl sites for hydroxylation is 1. The molecule has 0 fully saturated rings. The lowest BCUT2D eigenvalue weighted by Crippen LogP contribution is -2.20. The van der Waals surface area contributed by atoms with E-state index in [2.05, 4.69) is 4.74 Å². The Morgan fingerprint density at radius 3 is 2.58 bits per heavy atom. The number of alkyl halides is 3. The minimum Gasteiger partial charge on any atom is -0.467 e. The van der Waals surface area contributed by atoms with Gasteiger partial charge in [-0.15, -0.1) is 0 Å². The second-order valence-electron chi connectivity index (χ2n) is 4.52. The van der Waals surface area contributed by atoms with Crippen molar-refractivity contribution in [3.8, 4) is 5.75 Å². The zero-order valence-electron chi connectivity index (χ0n) is 11.0. The third-order valence-corrected chi connectivity index (χ3v) is 2.32. The van der Waals surface area contributed by atoms with Crippen LogP contribution in [0.25, 0.3) is 0 Å². The van der Waals surface area contributed by atoms with Gasteiger partial charge >= 0.3 is 6.18 Å². The molecule has 19 heavy (non-hydrogen) atoms. The van der Waals surface area contributed by atoms with Crippen molar-refractivity contribution >= 4 is 0 Å². The smallest absolute Gasteiger partial charge is 0.411 e. The lowest BCUT2D eigenvalue weighted by atomic mass is 10.0.